The van der Waals surface area contributed by atoms with Crippen LogP contribution in [0.5, 0.6) is 0 Å². The molecule has 0 aliphatic heterocycles. The first-order chi connectivity index (χ1) is 71.1. The molecule has 2 heteroatoms. The van der Waals surface area contributed by atoms with E-state index >= 15 is 0 Å². The fourth-order valence-electron chi connectivity index (χ4n) is 13.3. The first-order valence-electron chi connectivity index (χ1n) is 53.6. The Morgan fingerprint density at radius 2 is 0.375 bits per heavy atom. The molecule has 0 bridgehead atoms. The van der Waals surface area contributed by atoms with Crippen molar-refractivity contribution in [2.24, 2.45) is 0 Å². The number of rotatable bonds is 4. The summed E-state index contributed by atoms with van der Waals surface area (Å²) in [4.78, 5) is 0. The third-order valence-electron chi connectivity index (χ3n) is 19.5. The summed E-state index contributed by atoms with van der Waals surface area (Å²) in [5.41, 5.74) is 20.2. The highest BCUT2D eigenvalue weighted by molar-refractivity contribution is 7.25. The summed E-state index contributed by atoms with van der Waals surface area (Å²) < 4.78 is 8.41. The number of aryl methyl sites for hydroxylation is 6. The van der Waals surface area contributed by atoms with Crippen LogP contribution in [0.25, 0.3) is 119 Å². The Hall–Kier alpha value is -14.0. The molecule has 0 aliphatic carbocycles. The molecule has 762 valence electrons. The van der Waals surface area contributed by atoms with Crippen molar-refractivity contribution in [3.63, 3.8) is 0 Å². The van der Waals surface area contributed by atoms with Crippen LogP contribution in [-0.2, 0) is 0 Å². The van der Waals surface area contributed by atoms with Gasteiger partial charge in [-0.25, -0.2) is 0 Å². The van der Waals surface area contributed by atoms with Crippen molar-refractivity contribution >= 4 is 85.8 Å². The first-order valence-corrected chi connectivity index (χ1v) is 54.4. The fourth-order valence-corrected chi connectivity index (χ4v) is 14.4. The minimum atomic E-state index is 0.962. The van der Waals surface area contributed by atoms with E-state index in [0.29, 0.717) is 0 Å². The van der Waals surface area contributed by atoms with Gasteiger partial charge in [-0.15, -0.1) is 11.3 Å². The van der Waals surface area contributed by atoms with Crippen LogP contribution in [0.3, 0.4) is 0 Å². The second-order valence-electron chi connectivity index (χ2n) is 28.2. The minimum absolute atomic E-state index is 0.962. The van der Waals surface area contributed by atoms with Gasteiger partial charge in [-0.3, -0.25) is 0 Å². The summed E-state index contributed by atoms with van der Waals surface area (Å²) in [5, 5.41) is 13.1. The number of hydrogen-bond acceptors (Lipinski definition) is 2. The maximum Gasteiger partial charge on any atom is 0.135 e. The first kappa shape index (κ1) is 134. The number of benzene rings is 19. The molecule has 0 N–H and O–H groups in total. The van der Waals surface area contributed by atoms with Gasteiger partial charge in [0.05, 0.1) is 0 Å². The molecule has 0 atom stereocenters. The van der Waals surface area contributed by atoms with Crippen LogP contribution in [0.15, 0.2) is 490 Å². The number of fused-ring (bicyclic) bond motifs is 9. The molecule has 0 saturated carbocycles. The average molecular weight is 1940 g/mol. The van der Waals surface area contributed by atoms with Crippen molar-refractivity contribution in [1.82, 2.24) is 0 Å². The lowest BCUT2D eigenvalue weighted by atomic mass is 10.0. The van der Waals surface area contributed by atoms with Gasteiger partial charge < -0.3 is 4.42 Å². The standard InChI is InChI=1S/3C13H12.C12H8O.C12H8S.C12H10.2C11H10.C10H8.C7H8.14C2H6/c1-11-7-5-6-10-13(11)12-8-3-2-4-9-12;1-11-6-5-9-13(10-11)12-7-3-2-4-8-12;1-11-7-9-13(10-8-11)12-5-3-2-4-6-12;2*1-3-7-11-9(5-1)10-6-2-4-8-12(10)13-11;1-3-7-11(8-4-1)12-9-5-2-6-10-12;1-9-5-4-7-10-6-2-3-8-11(9)10;1-9-6-7-10-4-2-3-5-11(10)8-9;1-2-6-10-8-4-3-7-9(10)5-1;1-7-5-3-2-4-6-7;14*1-2/h3*2-10H,1H3;2*1-8H;1-10H;2*2-8H,1H3;1-8H;2-6H,1H3;14*1-2H3. The SMILES string of the molecule is CC.CC.CC.CC.CC.CC.CC.CC.CC.CC.CC.CC.CC.CC.Cc1ccc(-c2ccccc2)cc1.Cc1ccc2ccccc2c1.Cc1cccc(-c2ccccc2)c1.Cc1cccc2ccccc12.Cc1ccccc1.Cc1ccccc1-c1ccccc1.c1ccc(-c2ccccc2)cc1.c1ccc2c(c1)oc1ccccc12.c1ccc2c(c1)sc1ccccc12.c1ccc2ccccc2c1. The zero-order valence-electron chi connectivity index (χ0n) is 95.0. The van der Waals surface area contributed by atoms with Crippen molar-refractivity contribution < 1.29 is 4.42 Å². The molecule has 21 aromatic rings. The number of para-hydroxylation sites is 2. The minimum Gasteiger partial charge on any atom is -0.456 e. The molecule has 0 aliphatic rings. The Balaban J connectivity index is -0.00000150. The fraction of sp³-hybridized carbons (Fsp3) is 0.239. The van der Waals surface area contributed by atoms with E-state index in [9.17, 15) is 0 Å². The molecule has 0 spiro atoms. The van der Waals surface area contributed by atoms with Gasteiger partial charge in [-0.05, 0) is 154 Å². The van der Waals surface area contributed by atoms with Crippen LogP contribution < -0.4 is 0 Å². The Bertz CT molecular complexity index is 6110. The highest BCUT2D eigenvalue weighted by Crippen LogP contribution is 2.34. The van der Waals surface area contributed by atoms with Crippen LogP contribution in [0.2, 0.25) is 0 Å². The number of hydrogen-bond donors (Lipinski definition) is 0. The molecule has 19 aromatic carbocycles. The monoisotopic (exact) mass is 1940 g/mol. The molecule has 0 unspecified atom stereocenters. The molecule has 0 fully saturated rings. The Labute approximate surface area is 882 Å². The summed E-state index contributed by atoms with van der Waals surface area (Å²) in [6.07, 6.45) is 0. The molecule has 2 heterocycles. The van der Waals surface area contributed by atoms with Gasteiger partial charge in [0.25, 0.3) is 0 Å². The Kier molecular flexibility index (Phi) is 85.2. The molecule has 1 nitrogen and oxygen atoms in total. The summed E-state index contributed by atoms with van der Waals surface area (Å²) in [6.45, 7) is 68.7. The van der Waals surface area contributed by atoms with Gasteiger partial charge in [-0.2, -0.15) is 0 Å². The topological polar surface area (TPSA) is 13.1 Å². The van der Waals surface area contributed by atoms with Crippen molar-refractivity contribution in [3.05, 3.63) is 519 Å². The maximum atomic E-state index is 5.65. The van der Waals surface area contributed by atoms with Crippen LogP contribution in [0, 0.1) is 41.5 Å². The maximum absolute atomic E-state index is 5.65. The lowest BCUT2D eigenvalue weighted by Gasteiger charge is -2.04. The molecular weight excluding hydrogens is 1750 g/mol. The molecule has 0 amide bonds. The van der Waals surface area contributed by atoms with Crippen molar-refractivity contribution in [3.8, 4) is 44.5 Å². The van der Waals surface area contributed by atoms with E-state index < -0.39 is 0 Å². The quantitative estimate of drug-likeness (QED) is 0.171. The van der Waals surface area contributed by atoms with E-state index in [2.05, 4.69) is 442 Å². The second-order valence-corrected chi connectivity index (χ2v) is 29.3. The highest BCUT2D eigenvalue weighted by atomic mass is 32.1. The predicted molar refractivity (Wildman–Crippen MR) is 666 cm³/mol. The Morgan fingerprint density at radius 1 is 0.139 bits per heavy atom. The molecule has 0 saturated heterocycles. The van der Waals surface area contributed by atoms with E-state index in [1.807, 2.05) is 290 Å². The van der Waals surface area contributed by atoms with Gasteiger partial charge in [-0.1, -0.05) is 677 Å². The summed E-state index contributed by atoms with van der Waals surface area (Å²) >= 11 is 1.86. The number of furan rings is 1. The van der Waals surface area contributed by atoms with E-state index in [1.165, 1.54) is 141 Å². The van der Waals surface area contributed by atoms with E-state index in [4.69, 9.17) is 4.42 Å². The zero-order valence-corrected chi connectivity index (χ0v) is 95.8. The molecular formula is C142H182OS. The lowest BCUT2D eigenvalue weighted by molar-refractivity contribution is 0.669. The van der Waals surface area contributed by atoms with Crippen LogP contribution in [0.4, 0.5) is 0 Å². The van der Waals surface area contributed by atoms with Crippen molar-refractivity contribution in [2.45, 2.75) is 235 Å². The highest BCUT2D eigenvalue weighted by Gasteiger charge is 2.06. The van der Waals surface area contributed by atoms with Gasteiger partial charge in [0.2, 0.25) is 0 Å². The van der Waals surface area contributed by atoms with Crippen molar-refractivity contribution in [2.75, 3.05) is 0 Å². The summed E-state index contributed by atoms with van der Waals surface area (Å²) in [6, 6.07) is 168. The third kappa shape index (κ3) is 51.6. The van der Waals surface area contributed by atoms with Gasteiger partial charge in [0.1, 0.15) is 11.2 Å². The zero-order chi connectivity index (χ0) is 108. The smallest absolute Gasteiger partial charge is 0.135 e. The average Bonchev–Trinajstić information content (AvgIpc) is 1.65. The summed E-state index contributed by atoms with van der Waals surface area (Å²) in [7, 11) is 0. The van der Waals surface area contributed by atoms with Gasteiger partial charge in [0.15, 0.2) is 0 Å². The van der Waals surface area contributed by atoms with E-state index in [-0.39, 0.29) is 0 Å². The molecule has 144 heavy (non-hydrogen) atoms. The predicted octanol–water partition coefficient (Wildman–Crippen LogP) is 47.5. The molecule has 2 aromatic heterocycles. The lowest BCUT2D eigenvalue weighted by Crippen LogP contribution is -1.80. The van der Waals surface area contributed by atoms with Crippen LogP contribution in [0.1, 0.15) is 227 Å². The second kappa shape index (κ2) is 91.5. The van der Waals surface area contributed by atoms with Gasteiger partial charge in [0, 0.05) is 30.9 Å². The van der Waals surface area contributed by atoms with E-state index in [1.54, 1.807) is 0 Å². The largest absolute Gasteiger partial charge is 0.456 e. The van der Waals surface area contributed by atoms with Crippen LogP contribution in [-0.4, -0.2) is 0 Å². The van der Waals surface area contributed by atoms with Crippen molar-refractivity contribution in [1.29, 1.82) is 0 Å². The third-order valence-corrected chi connectivity index (χ3v) is 20.6. The van der Waals surface area contributed by atoms with E-state index in [0.717, 1.165) is 11.2 Å². The molecule has 0 radical (unpaired) electrons. The normalized spacial score (nSPS) is 8.76. The molecule has 21 rings (SSSR count). The van der Waals surface area contributed by atoms with Gasteiger partial charge >= 0.3 is 0 Å². The Morgan fingerprint density at radius 3 is 0.736 bits per heavy atom. The van der Waals surface area contributed by atoms with Crippen LogP contribution >= 0.6 is 11.3 Å². The number of thiophene rings is 1. The summed E-state index contributed by atoms with van der Waals surface area (Å²) in [5.74, 6) is 0.